The molecule has 0 bridgehead atoms. The summed E-state index contributed by atoms with van der Waals surface area (Å²) < 4.78 is 5.45. The first-order valence-corrected chi connectivity index (χ1v) is 12.1. The highest BCUT2D eigenvalue weighted by Gasteiger charge is 2.26. The van der Waals surface area contributed by atoms with Gasteiger partial charge in [-0.3, -0.25) is 4.79 Å². The van der Waals surface area contributed by atoms with E-state index in [1.807, 2.05) is 31.7 Å². The molecular formula is C26H44N2O4. The molecule has 1 saturated heterocycles. The predicted molar refractivity (Wildman–Crippen MR) is 130 cm³/mol. The van der Waals surface area contributed by atoms with E-state index in [0.29, 0.717) is 12.3 Å². The van der Waals surface area contributed by atoms with Crippen molar-refractivity contribution in [1.82, 2.24) is 10.2 Å². The van der Waals surface area contributed by atoms with Crippen LogP contribution in [0.3, 0.4) is 0 Å². The number of ketones is 1. The summed E-state index contributed by atoms with van der Waals surface area (Å²) in [6.45, 7) is 13.4. The van der Waals surface area contributed by atoms with E-state index in [4.69, 9.17) is 4.74 Å². The summed E-state index contributed by atoms with van der Waals surface area (Å²) in [6, 6.07) is 6.17. The van der Waals surface area contributed by atoms with Crippen LogP contribution in [-0.2, 0) is 17.7 Å². The Morgan fingerprint density at radius 1 is 1.12 bits per heavy atom. The van der Waals surface area contributed by atoms with Crippen molar-refractivity contribution in [3.8, 4) is 0 Å². The molecule has 3 N–H and O–H groups in total. The monoisotopic (exact) mass is 448 g/mol. The molecule has 0 aromatic heterocycles. The van der Waals surface area contributed by atoms with E-state index in [0.717, 1.165) is 63.8 Å². The zero-order valence-electron chi connectivity index (χ0n) is 20.8. The summed E-state index contributed by atoms with van der Waals surface area (Å²) in [5.74, 6) is 0.855. The Bertz CT molecular complexity index is 719. The largest absolute Gasteiger partial charge is 0.444 e. The van der Waals surface area contributed by atoms with Crippen molar-refractivity contribution in [2.75, 3.05) is 19.6 Å². The van der Waals surface area contributed by atoms with Crippen molar-refractivity contribution in [2.45, 2.75) is 91.7 Å². The fraction of sp³-hybridized carbons (Fsp3) is 0.692. The van der Waals surface area contributed by atoms with E-state index in [9.17, 15) is 9.59 Å². The van der Waals surface area contributed by atoms with E-state index in [-0.39, 0.29) is 17.4 Å². The zero-order valence-corrected chi connectivity index (χ0v) is 20.8. The van der Waals surface area contributed by atoms with E-state index < -0.39 is 5.60 Å². The van der Waals surface area contributed by atoms with Crippen LogP contribution in [0.25, 0.3) is 0 Å². The quantitative estimate of drug-likeness (QED) is 0.647. The molecular weight excluding hydrogens is 404 g/mol. The van der Waals surface area contributed by atoms with Crippen LogP contribution < -0.4 is 5.32 Å². The summed E-state index contributed by atoms with van der Waals surface area (Å²) >= 11 is 0. The molecule has 0 aliphatic carbocycles. The maximum absolute atomic E-state index is 12.6. The van der Waals surface area contributed by atoms with Gasteiger partial charge in [0.15, 0.2) is 5.78 Å². The van der Waals surface area contributed by atoms with Gasteiger partial charge in [0.1, 0.15) is 5.60 Å². The molecule has 182 valence electrons. The Balaban J connectivity index is 0.00000121. The molecule has 32 heavy (non-hydrogen) atoms. The summed E-state index contributed by atoms with van der Waals surface area (Å²) in [4.78, 5) is 26.5. The smallest absolute Gasteiger partial charge is 0.410 e. The molecule has 1 fully saturated rings. The van der Waals surface area contributed by atoms with Crippen LogP contribution >= 0.6 is 0 Å². The van der Waals surface area contributed by atoms with Crippen molar-refractivity contribution >= 4 is 11.9 Å². The first-order chi connectivity index (χ1) is 14.7. The number of rotatable bonds is 5. The molecule has 0 atom stereocenters. The Morgan fingerprint density at radius 3 is 2.41 bits per heavy atom. The third-order valence-corrected chi connectivity index (χ3v) is 5.70. The minimum Gasteiger partial charge on any atom is -0.444 e. The number of amides is 1. The minimum atomic E-state index is -0.443. The van der Waals surface area contributed by atoms with Crippen LogP contribution in [-0.4, -0.2) is 47.5 Å². The molecule has 2 aliphatic rings. The summed E-state index contributed by atoms with van der Waals surface area (Å²) in [7, 11) is 0. The number of likely N-dealkylation sites (tertiary alicyclic amines) is 1. The lowest BCUT2D eigenvalue weighted by atomic mass is 9.90. The zero-order chi connectivity index (χ0) is 22.9. The van der Waals surface area contributed by atoms with Gasteiger partial charge in [0.25, 0.3) is 0 Å². The lowest BCUT2D eigenvalue weighted by Gasteiger charge is -2.33. The number of Topliss-reactive ketones (excluding diaryl/α,β-unsaturated/α-hetero) is 1. The van der Waals surface area contributed by atoms with Gasteiger partial charge >= 0.3 is 6.09 Å². The number of nitrogens with one attached hydrogen (secondary N) is 1. The molecule has 0 radical (unpaired) electrons. The Labute approximate surface area is 194 Å². The first kappa shape index (κ1) is 28.1. The third-order valence-electron chi connectivity index (χ3n) is 5.70. The SMILES string of the molecule is CC(C)(C)OC(=O)N1CCC(CCCC(=O)c2ccc3c(c2)CCNC3)CC1.CCC.O. The van der Waals surface area contributed by atoms with Gasteiger partial charge in [-0.1, -0.05) is 32.4 Å². The Morgan fingerprint density at radius 2 is 1.78 bits per heavy atom. The summed E-state index contributed by atoms with van der Waals surface area (Å²) in [5, 5.41) is 3.36. The highest BCUT2D eigenvalue weighted by Crippen LogP contribution is 2.25. The summed E-state index contributed by atoms with van der Waals surface area (Å²) in [6.07, 6.45) is 6.65. The van der Waals surface area contributed by atoms with E-state index >= 15 is 0 Å². The molecule has 0 unspecified atom stereocenters. The molecule has 0 saturated carbocycles. The highest BCUT2D eigenvalue weighted by atomic mass is 16.6. The van der Waals surface area contributed by atoms with Crippen molar-refractivity contribution in [3.63, 3.8) is 0 Å². The number of hydrogen-bond acceptors (Lipinski definition) is 4. The topological polar surface area (TPSA) is 90.1 Å². The average molecular weight is 449 g/mol. The van der Waals surface area contributed by atoms with E-state index in [1.165, 1.54) is 17.5 Å². The van der Waals surface area contributed by atoms with Gasteiger partial charge in [-0.15, -0.1) is 0 Å². The molecule has 6 heteroatoms. The maximum atomic E-state index is 12.6. The van der Waals surface area contributed by atoms with Gasteiger partial charge in [0.05, 0.1) is 0 Å². The van der Waals surface area contributed by atoms with Crippen LogP contribution in [0, 0.1) is 5.92 Å². The second-order valence-electron chi connectivity index (χ2n) is 9.84. The molecule has 6 nitrogen and oxygen atoms in total. The van der Waals surface area contributed by atoms with Crippen LogP contribution in [0.4, 0.5) is 4.79 Å². The molecule has 3 rings (SSSR count). The van der Waals surface area contributed by atoms with Crippen molar-refractivity contribution in [2.24, 2.45) is 5.92 Å². The molecule has 2 heterocycles. The molecule has 0 spiro atoms. The van der Waals surface area contributed by atoms with Crippen LogP contribution in [0.15, 0.2) is 18.2 Å². The van der Waals surface area contributed by atoms with Gasteiger partial charge in [-0.2, -0.15) is 0 Å². The Kier molecular flexibility index (Phi) is 11.9. The second-order valence-corrected chi connectivity index (χ2v) is 9.84. The summed E-state index contributed by atoms with van der Waals surface area (Å²) in [5.41, 5.74) is 3.06. The van der Waals surface area contributed by atoms with Gasteiger partial charge in [0.2, 0.25) is 0 Å². The van der Waals surface area contributed by atoms with Crippen molar-refractivity contribution < 1.29 is 19.8 Å². The minimum absolute atomic E-state index is 0. The standard InChI is InChI=1S/C23H34N2O3.C3H8.H2O/c1-23(2,3)28-22(27)25-13-10-17(11-14-25)5-4-6-21(26)19-7-8-20-16-24-12-9-18(20)15-19;1-3-2;/h7-8,15,17,24H,4-6,9-14,16H2,1-3H3;3H2,1-2H3;1H2. The van der Waals surface area contributed by atoms with Gasteiger partial charge in [-0.25, -0.2) is 4.79 Å². The molecule has 1 amide bonds. The molecule has 1 aromatic rings. The lowest BCUT2D eigenvalue weighted by Crippen LogP contribution is -2.41. The van der Waals surface area contributed by atoms with Crippen LogP contribution in [0.5, 0.6) is 0 Å². The highest BCUT2D eigenvalue weighted by molar-refractivity contribution is 5.96. The number of hydrogen-bond donors (Lipinski definition) is 1. The lowest BCUT2D eigenvalue weighted by molar-refractivity contribution is 0.0181. The van der Waals surface area contributed by atoms with Crippen LogP contribution in [0.1, 0.15) is 94.6 Å². The predicted octanol–water partition coefficient (Wildman–Crippen LogP) is 4.92. The van der Waals surface area contributed by atoms with Crippen molar-refractivity contribution in [3.05, 3.63) is 34.9 Å². The number of carbonyl (C=O) groups is 2. The third kappa shape index (κ3) is 9.29. The number of benzene rings is 1. The molecule has 2 aliphatic heterocycles. The number of nitrogens with zero attached hydrogens (tertiary/aromatic N) is 1. The van der Waals surface area contributed by atoms with Crippen LogP contribution in [0.2, 0.25) is 0 Å². The maximum Gasteiger partial charge on any atom is 0.410 e. The number of piperidine rings is 1. The second kappa shape index (κ2) is 13.6. The van der Waals surface area contributed by atoms with Gasteiger partial charge in [-0.05, 0) is 82.5 Å². The van der Waals surface area contributed by atoms with Crippen molar-refractivity contribution in [1.29, 1.82) is 0 Å². The van der Waals surface area contributed by atoms with Gasteiger partial charge < -0.3 is 20.4 Å². The Hall–Kier alpha value is -1.92. The fourth-order valence-electron chi connectivity index (χ4n) is 4.08. The number of ether oxygens (including phenoxy) is 1. The van der Waals surface area contributed by atoms with Gasteiger partial charge in [0, 0.05) is 31.6 Å². The number of carbonyl (C=O) groups excluding carboxylic acids is 2. The first-order valence-electron chi connectivity index (χ1n) is 12.1. The average Bonchev–Trinajstić information content (AvgIpc) is 2.73. The van der Waals surface area contributed by atoms with E-state index in [1.54, 1.807) is 0 Å². The fourth-order valence-corrected chi connectivity index (χ4v) is 4.08. The molecule has 1 aromatic carbocycles. The normalized spacial score (nSPS) is 16.2. The van der Waals surface area contributed by atoms with E-state index in [2.05, 4.69) is 31.3 Å². The number of fused-ring (bicyclic) bond motifs is 1.